The fourth-order valence-corrected chi connectivity index (χ4v) is 4.60. The van der Waals surface area contributed by atoms with Crippen molar-refractivity contribution < 1.29 is 4.79 Å². The van der Waals surface area contributed by atoms with Crippen LogP contribution in [0, 0.1) is 0 Å². The molecule has 142 valence electrons. The number of fused-ring (bicyclic) bond motifs is 2. The molecule has 0 radical (unpaired) electrons. The van der Waals surface area contributed by atoms with Crippen LogP contribution in [0.3, 0.4) is 0 Å². The van der Waals surface area contributed by atoms with Gasteiger partial charge in [0.15, 0.2) is 0 Å². The quantitative estimate of drug-likeness (QED) is 0.705. The maximum absolute atomic E-state index is 13.2. The Morgan fingerprint density at radius 2 is 1.64 bits per heavy atom. The minimum Gasteiger partial charge on any atom is -0.348 e. The average molecular weight is 371 g/mol. The second-order valence-electron chi connectivity index (χ2n) is 7.74. The summed E-state index contributed by atoms with van der Waals surface area (Å²) in [6, 6.07) is 23.5. The normalized spacial score (nSPS) is 19.1. The summed E-state index contributed by atoms with van der Waals surface area (Å²) in [6.07, 6.45) is 3.10. The van der Waals surface area contributed by atoms with Crippen LogP contribution in [0.25, 0.3) is 0 Å². The zero-order valence-electron chi connectivity index (χ0n) is 16.0. The SMILES string of the molecule is O=C(CN1CCn2cccc2C1c1ccccc1)N1CCc2ccccc2C1. The molecule has 3 heterocycles. The van der Waals surface area contributed by atoms with Gasteiger partial charge < -0.3 is 9.47 Å². The van der Waals surface area contributed by atoms with Crippen LogP contribution in [-0.4, -0.2) is 39.9 Å². The smallest absolute Gasteiger partial charge is 0.237 e. The molecule has 3 aromatic rings. The molecule has 1 unspecified atom stereocenters. The van der Waals surface area contributed by atoms with Crippen LogP contribution in [0.1, 0.15) is 28.4 Å². The van der Waals surface area contributed by atoms with Crippen LogP contribution < -0.4 is 0 Å². The van der Waals surface area contributed by atoms with Gasteiger partial charge in [-0.2, -0.15) is 0 Å². The molecule has 0 fully saturated rings. The van der Waals surface area contributed by atoms with Crippen molar-refractivity contribution in [3.05, 3.63) is 95.3 Å². The lowest BCUT2D eigenvalue weighted by molar-refractivity contribution is -0.134. The van der Waals surface area contributed by atoms with Gasteiger partial charge in [-0.3, -0.25) is 9.69 Å². The first-order chi connectivity index (χ1) is 13.8. The number of hydrogen-bond acceptors (Lipinski definition) is 2. The molecular weight excluding hydrogens is 346 g/mol. The average Bonchev–Trinajstić information content (AvgIpc) is 3.22. The Labute approximate surface area is 166 Å². The number of nitrogens with zero attached hydrogens (tertiary/aromatic N) is 3. The molecule has 2 aliphatic rings. The van der Waals surface area contributed by atoms with Crippen LogP contribution in [0.5, 0.6) is 0 Å². The monoisotopic (exact) mass is 371 g/mol. The van der Waals surface area contributed by atoms with Gasteiger partial charge in [-0.25, -0.2) is 0 Å². The maximum atomic E-state index is 13.2. The highest BCUT2D eigenvalue weighted by molar-refractivity contribution is 5.78. The first-order valence-electron chi connectivity index (χ1n) is 10.1. The van der Waals surface area contributed by atoms with E-state index in [0.717, 1.165) is 32.6 Å². The molecule has 1 amide bonds. The second-order valence-corrected chi connectivity index (χ2v) is 7.74. The molecule has 0 saturated carbocycles. The molecular formula is C24H25N3O. The fourth-order valence-electron chi connectivity index (χ4n) is 4.60. The van der Waals surface area contributed by atoms with Crippen molar-refractivity contribution in [1.29, 1.82) is 0 Å². The van der Waals surface area contributed by atoms with E-state index in [-0.39, 0.29) is 11.9 Å². The molecule has 1 atom stereocenters. The van der Waals surface area contributed by atoms with E-state index < -0.39 is 0 Å². The first-order valence-corrected chi connectivity index (χ1v) is 10.1. The van der Waals surface area contributed by atoms with E-state index >= 15 is 0 Å². The highest BCUT2D eigenvalue weighted by Crippen LogP contribution is 2.32. The third-order valence-corrected chi connectivity index (χ3v) is 6.08. The van der Waals surface area contributed by atoms with Crippen LogP contribution >= 0.6 is 0 Å². The largest absolute Gasteiger partial charge is 0.348 e. The van der Waals surface area contributed by atoms with Crippen LogP contribution in [0.2, 0.25) is 0 Å². The number of amides is 1. The van der Waals surface area contributed by atoms with Crippen molar-refractivity contribution >= 4 is 5.91 Å². The van der Waals surface area contributed by atoms with Crippen LogP contribution in [0.15, 0.2) is 72.9 Å². The summed E-state index contributed by atoms with van der Waals surface area (Å²) in [4.78, 5) is 17.5. The summed E-state index contributed by atoms with van der Waals surface area (Å²) in [7, 11) is 0. The van der Waals surface area contributed by atoms with Crippen molar-refractivity contribution in [2.45, 2.75) is 25.6 Å². The van der Waals surface area contributed by atoms with Crippen molar-refractivity contribution in [2.24, 2.45) is 0 Å². The lowest BCUT2D eigenvalue weighted by Crippen LogP contribution is -2.46. The Kier molecular flexibility index (Phi) is 4.49. The van der Waals surface area contributed by atoms with E-state index in [1.54, 1.807) is 0 Å². The summed E-state index contributed by atoms with van der Waals surface area (Å²) in [6.45, 7) is 3.83. The Hall–Kier alpha value is -2.85. The van der Waals surface area contributed by atoms with Gasteiger partial charge in [0.05, 0.1) is 12.6 Å². The first kappa shape index (κ1) is 17.3. The van der Waals surface area contributed by atoms with E-state index in [1.165, 1.54) is 22.4 Å². The molecule has 0 N–H and O–H groups in total. The Morgan fingerprint density at radius 3 is 2.50 bits per heavy atom. The molecule has 0 spiro atoms. The van der Waals surface area contributed by atoms with Gasteiger partial charge in [-0.05, 0) is 35.2 Å². The Morgan fingerprint density at radius 1 is 0.857 bits per heavy atom. The molecule has 28 heavy (non-hydrogen) atoms. The van der Waals surface area contributed by atoms with E-state index in [1.807, 2.05) is 11.0 Å². The minimum absolute atomic E-state index is 0.131. The number of rotatable bonds is 3. The predicted molar refractivity (Wildman–Crippen MR) is 110 cm³/mol. The molecule has 0 aliphatic carbocycles. The molecule has 2 aromatic carbocycles. The van der Waals surface area contributed by atoms with Gasteiger partial charge >= 0.3 is 0 Å². The van der Waals surface area contributed by atoms with Gasteiger partial charge in [-0.15, -0.1) is 0 Å². The number of carbonyl (C=O) groups excluding carboxylic acids is 1. The van der Waals surface area contributed by atoms with Gasteiger partial charge in [0.25, 0.3) is 0 Å². The van der Waals surface area contributed by atoms with Gasteiger partial charge in [-0.1, -0.05) is 54.6 Å². The van der Waals surface area contributed by atoms with E-state index in [2.05, 4.69) is 76.3 Å². The minimum atomic E-state index is 0.131. The summed E-state index contributed by atoms with van der Waals surface area (Å²) < 4.78 is 2.32. The topological polar surface area (TPSA) is 28.5 Å². The summed E-state index contributed by atoms with van der Waals surface area (Å²) >= 11 is 0. The molecule has 1 aromatic heterocycles. The lowest BCUT2D eigenvalue weighted by atomic mass is 9.99. The van der Waals surface area contributed by atoms with Gasteiger partial charge in [0.1, 0.15) is 0 Å². The summed E-state index contributed by atoms with van der Waals surface area (Å²) in [5, 5.41) is 0. The molecule has 4 nitrogen and oxygen atoms in total. The van der Waals surface area contributed by atoms with Crippen molar-refractivity contribution in [1.82, 2.24) is 14.4 Å². The molecule has 4 heteroatoms. The zero-order chi connectivity index (χ0) is 18.9. The number of hydrogen-bond donors (Lipinski definition) is 0. The Bertz CT molecular complexity index is 978. The second kappa shape index (κ2) is 7.28. The van der Waals surface area contributed by atoms with Gasteiger partial charge in [0.2, 0.25) is 5.91 Å². The van der Waals surface area contributed by atoms with Crippen molar-refractivity contribution in [2.75, 3.05) is 19.6 Å². The van der Waals surface area contributed by atoms with E-state index in [4.69, 9.17) is 0 Å². The van der Waals surface area contributed by atoms with E-state index in [9.17, 15) is 4.79 Å². The highest BCUT2D eigenvalue weighted by Gasteiger charge is 2.31. The lowest BCUT2D eigenvalue weighted by Gasteiger charge is -2.38. The maximum Gasteiger partial charge on any atom is 0.237 e. The van der Waals surface area contributed by atoms with Crippen LogP contribution in [-0.2, 0) is 24.3 Å². The van der Waals surface area contributed by atoms with Crippen LogP contribution in [0.4, 0.5) is 0 Å². The summed E-state index contributed by atoms with van der Waals surface area (Å²) in [5.41, 5.74) is 5.19. The number of carbonyl (C=O) groups is 1. The van der Waals surface area contributed by atoms with E-state index in [0.29, 0.717) is 6.54 Å². The van der Waals surface area contributed by atoms with Crippen molar-refractivity contribution in [3.63, 3.8) is 0 Å². The number of benzene rings is 2. The molecule has 5 rings (SSSR count). The molecule has 0 saturated heterocycles. The molecule has 2 aliphatic heterocycles. The number of aromatic nitrogens is 1. The van der Waals surface area contributed by atoms with Crippen molar-refractivity contribution in [3.8, 4) is 0 Å². The summed E-state index contributed by atoms with van der Waals surface area (Å²) in [5.74, 6) is 0.232. The van der Waals surface area contributed by atoms with Gasteiger partial charge in [0, 0.05) is 38.1 Å². The fraction of sp³-hybridized carbons (Fsp3) is 0.292. The Balaban J connectivity index is 1.37. The third-order valence-electron chi connectivity index (χ3n) is 6.08. The predicted octanol–water partition coefficient (Wildman–Crippen LogP) is 3.48. The highest BCUT2D eigenvalue weighted by atomic mass is 16.2. The zero-order valence-corrected chi connectivity index (χ0v) is 16.0. The molecule has 0 bridgehead atoms. The third kappa shape index (κ3) is 3.14. The standard InChI is InChI=1S/C24H25N3O/c28-23(26-14-12-19-7-4-5-10-21(19)17-26)18-27-16-15-25-13-6-11-22(25)24(27)20-8-2-1-3-9-20/h1-11,13,24H,12,14-18H2.